The minimum absolute atomic E-state index is 0.595. The monoisotopic (exact) mass is 403 g/mol. The highest BCUT2D eigenvalue weighted by molar-refractivity contribution is 5.85. The average Bonchev–Trinajstić information content (AvgIpc) is 2.78. The molecule has 0 aliphatic carbocycles. The summed E-state index contributed by atoms with van der Waals surface area (Å²) in [6, 6.07) is 15.0. The summed E-state index contributed by atoms with van der Waals surface area (Å²) in [5, 5.41) is 1.24. The average molecular weight is 404 g/mol. The number of likely N-dealkylation sites (N-methyl/N-ethyl adjacent to an activating group) is 1. The van der Waals surface area contributed by atoms with Gasteiger partial charge in [0.25, 0.3) is 0 Å². The second kappa shape index (κ2) is 8.25. The molecular formula is C25H29N3O2. The Bertz CT molecular complexity index is 1060. The van der Waals surface area contributed by atoms with Crippen molar-refractivity contribution in [2.45, 2.75) is 13.3 Å². The highest BCUT2D eigenvalue weighted by Crippen LogP contribution is 2.35. The van der Waals surface area contributed by atoms with Gasteiger partial charge in [-0.3, -0.25) is 0 Å². The maximum Gasteiger partial charge on any atom is 0.162 e. The van der Waals surface area contributed by atoms with E-state index in [2.05, 4.69) is 54.1 Å². The molecule has 2 aliphatic heterocycles. The predicted octanol–water partition coefficient (Wildman–Crippen LogP) is 3.77. The van der Waals surface area contributed by atoms with Crippen LogP contribution in [0.15, 0.2) is 42.5 Å². The van der Waals surface area contributed by atoms with E-state index in [1.165, 1.54) is 42.7 Å². The lowest BCUT2D eigenvalue weighted by molar-refractivity contribution is 0.155. The molecular weight excluding hydrogens is 374 g/mol. The number of nitrogens with zero attached hydrogens (tertiary/aromatic N) is 3. The van der Waals surface area contributed by atoms with Gasteiger partial charge in [0.1, 0.15) is 13.2 Å². The lowest BCUT2D eigenvalue weighted by Gasteiger charge is -2.32. The maximum absolute atomic E-state index is 5.74. The molecule has 0 amide bonds. The van der Waals surface area contributed by atoms with Gasteiger partial charge in [-0.25, -0.2) is 4.98 Å². The first-order chi connectivity index (χ1) is 14.7. The number of aryl methyl sites for hydroxylation is 1. The molecule has 5 heteroatoms. The summed E-state index contributed by atoms with van der Waals surface area (Å²) in [7, 11) is 2.20. The molecule has 0 spiro atoms. The molecule has 0 saturated carbocycles. The molecule has 156 valence electrons. The topological polar surface area (TPSA) is 37.8 Å². The van der Waals surface area contributed by atoms with Crippen molar-refractivity contribution >= 4 is 10.9 Å². The van der Waals surface area contributed by atoms with E-state index in [9.17, 15) is 0 Å². The molecule has 3 aromatic rings. The molecule has 5 rings (SSSR count). The minimum Gasteiger partial charge on any atom is -0.486 e. The number of benzene rings is 2. The van der Waals surface area contributed by atoms with E-state index >= 15 is 0 Å². The molecule has 2 aromatic carbocycles. The largest absolute Gasteiger partial charge is 0.486 e. The van der Waals surface area contributed by atoms with E-state index in [4.69, 9.17) is 14.5 Å². The quantitative estimate of drug-likeness (QED) is 0.663. The second-order valence-electron chi connectivity index (χ2n) is 8.43. The van der Waals surface area contributed by atoms with Crippen LogP contribution in [0.2, 0.25) is 0 Å². The van der Waals surface area contributed by atoms with E-state index in [1.54, 1.807) is 0 Å². The SMILES string of the molecule is Cc1cc(-c2ccc3c(c2)OCCO3)nc2ccc(CCN3CCN(C)CC3)cc12. The van der Waals surface area contributed by atoms with Crippen LogP contribution in [-0.4, -0.2) is 67.8 Å². The van der Waals surface area contributed by atoms with Crippen LogP contribution in [0.5, 0.6) is 11.5 Å². The summed E-state index contributed by atoms with van der Waals surface area (Å²) in [4.78, 5) is 9.92. The molecule has 1 fully saturated rings. The van der Waals surface area contributed by atoms with Crippen molar-refractivity contribution in [3.05, 3.63) is 53.6 Å². The van der Waals surface area contributed by atoms with Gasteiger partial charge < -0.3 is 19.3 Å². The summed E-state index contributed by atoms with van der Waals surface area (Å²) in [5.41, 5.74) is 5.72. The Morgan fingerprint density at radius 3 is 2.53 bits per heavy atom. The Labute approximate surface area is 178 Å². The molecule has 0 atom stereocenters. The normalized spacial score (nSPS) is 17.4. The van der Waals surface area contributed by atoms with Crippen LogP contribution in [0.4, 0.5) is 0 Å². The highest BCUT2D eigenvalue weighted by Gasteiger charge is 2.15. The zero-order valence-electron chi connectivity index (χ0n) is 17.9. The smallest absolute Gasteiger partial charge is 0.162 e. The van der Waals surface area contributed by atoms with Gasteiger partial charge in [0.2, 0.25) is 0 Å². The fourth-order valence-corrected chi connectivity index (χ4v) is 4.31. The number of rotatable bonds is 4. The lowest BCUT2D eigenvalue weighted by Crippen LogP contribution is -2.45. The van der Waals surface area contributed by atoms with Crippen molar-refractivity contribution in [1.82, 2.24) is 14.8 Å². The fraction of sp³-hybridized carbons (Fsp3) is 0.400. The Morgan fingerprint density at radius 2 is 1.70 bits per heavy atom. The molecule has 1 aromatic heterocycles. The van der Waals surface area contributed by atoms with Crippen LogP contribution in [0.1, 0.15) is 11.1 Å². The molecule has 0 unspecified atom stereocenters. The van der Waals surface area contributed by atoms with Crippen molar-refractivity contribution in [2.75, 3.05) is 53.0 Å². The first-order valence-electron chi connectivity index (χ1n) is 10.9. The van der Waals surface area contributed by atoms with Crippen LogP contribution in [0.3, 0.4) is 0 Å². The van der Waals surface area contributed by atoms with Crippen LogP contribution in [-0.2, 0) is 6.42 Å². The third-order valence-electron chi connectivity index (χ3n) is 6.23. The maximum atomic E-state index is 5.74. The number of hydrogen-bond donors (Lipinski definition) is 0. The van der Waals surface area contributed by atoms with Crippen LogP contribution in [0.25, 0.3) is 22.2 Å². The van der Waals surface area contributed by atoms with Crippen LogP contribution < -0.4 is 9.47 Å². The molecule has 0 bridgehead atoms. The van der Waals surface area contributed by atoms with Crippen molar-refractivity contribution in [3.8, 4) is 22.8 Å². The van der Waals surface area contributed by atoms with Crippen molar-refractivity contribution in [1.29, 1.82) is 0 Å². The highest BCUT2D eigenvalue weighted by atomic mass is 16.6. The van der Waals surface area contributed by atoms with Crippen molar-refractivity contribution < 1.29 is 9.47 Å². The first kappa shape index (κ1) is 19.3. The van der Waals surface area contributed by atoms with Gasteiger partial charge in [-0.15, -0.1) is 0 Å². The van der Waals surface area contributed by atoms with E-state index in [0.29, 0.717) is 13.2 Å². The Morgan fingerprint density at radius 1 is 0.900 bits per heavy atom. The number of hydrogen-bond acceptors (Lipinski definition) is 5. The van der Waals surface area contributed by atoms with Gasteiger partial charge >= 0.3 is 0 Å². The third kappa shape index (κ3) is 4.00. The van der Waals surface area contributed by atoms with Crippen molar-refractivity contribution in [3.63, 3.8) is 0 Å². The minimum atomic E-state index is 0.595. The van der Waals surface area contributed by atoms with E-state index in [-0.39, 0.29) is 0 Å². The van der Waals surface area contributed by atoms with Crippen molar-refractivity contribution in [2.24, 2.45) is 0 Å². The Kier molecular flexibility index (Phi) is 5.32. The lowest BCUT2D eigenvalue weighted by atomic mass is 10.0. The summed E-state index contributed by atoms with van der Waals surface area (Å²) in [6.07, 6.45) is 1.09. The molecule has 1 saturated heterocycles. The number of ether oxygens (including phenoxy) is 2. The van der Waals surface area contributed by atoms with Crippen LogP contribution in [0, 0.1) is 6.92 Å². The summed E-state index contributed by atoms with van der Waals surface area (Å²) >= 11 is 0. The molecule has 5 nitrogen and oxygen atoms in total. The Balaban J connectivity index is 1.36. The number of pyridine rings is 1. The second-order valence-corrected chi connectivity index (χ2v) is 8.43. The number of fused-ring (bicyclic) bond motifs is 2. The number of piperazine rings is 1. The van der Waals surface area contributed by atoms with E-state index in [0.717, 1.165) is 41.2 Å². The first-order valence-corrected chi connectivity index (χ1v) is 10.9. The van der Waals surface area contributed by atoms with Gasteiger partial charge in [0, 0.05) is 43.7 Å². The van der Waals surface area contributed by atoms with Gasteiger partial charge in [-0.2, -0.15) is 0 Å². The Hall–Kier alpha value is -2.63. The van der Waals surface area contributed by atoms with Gasteiger partial charge in [-0.05, 0) is 67.9 Å². The van der Waals surface area contributed by atoms with E-state index < -0.39 is 0 Å². The summed E-state index contributed by atoms with van der Waals surface area (Å²) in [6.45, 7) is 9.19. The van der Waals surface area contributed by atoms with Gasteiger partial charge in [-0.1, -0.05) is 6.07 Å². The molecule has 2 aliphatic rings. The zero-order valence-corrected chi connectivity index (χ0v) is 17.9. The molecule has 30 heavy (non-hydrogen) atoms. The predicted molar refractivity (Wildman–Crippen MR) is 121 cm³/mol. The van der Waals surface area contributed by atoms with Gasteiger partial charge in [0.15, 0.2) is 11.5 Å². The zero-order chi connectivity index (χ0) is 20.5. The molecule has 3 heterocycles. The van der Waals surface area contributed by atoms with E-state index in [1.807, 2.05) is 12.1 Å². The van der Waals surface area contributed by atoms with Gasteiger partial charge in [0.05, 0.1) is 11.2 Å². The fourth-order valence-electron chi connectivity index (χ4n) is 4.31. The third-order valence-corrected chi connectivity index (χ3v) is 6.23. The molecule has 0 radical (unpaired) electrons. The van der Waals surface area contributed by atoms with Crippen LogP contribution >= 0.6 is 0 Å². The molecule has 0 N–H and O–H groups in total. The standard InChI is InChI=1S/C25H29N3O2/c1-18-15-23(20-4-6-24-25(17-20)30-14-13-29-24)26-22-5-3-19(16-21(18)22)7-8-28-11-9-27(2)10-12-28/h3-6,15-17H,7-14H2,1-2H3. The summed E-state index contributed by atoms with van der Waals surface area (Å²) in [5.74, 6) is 1.62. The number of aromatic nitrogens is 1. The summed E-state index contributed by atoms with van der Waals surface area (Å²) < 4.78 is 11.4.